The molecule has 0 aliphatic carbocycles. The molecule has 0 saturated heterocycles. The predicted molar refractivity (Wildman–Crippen MR) is 53.8 cm³/mol. The van der Waals surface area contributed by atoms with Gasteiger partial charge >= 0.3 is 0 Å². The van der Waals surface area contributed by atoms with E-state index in [0.29, 0.717) is 5.92 Å². The number of aliphatic imine (C=N–C) groups is 2. The molecule has 0 aromatic carbocycles. The van der Waals surface area contributed by atoms with Crippen LogP contribution in [0.3, 0.4) is 0 Å². The highest BCUT2D eigenvalue weighted by atomic mass is 14.9. The zero-order valence-corrected chi connectivity index (χ0v) is 8.26. The van der Waals surface area contributed by atoms with Crippen LogP contribution in [0, 0.1) is 5.92 Å². The summed E-state index contributed by atoms with van der Waals surface area (Å²) in [4.78, 5) is 8.71. The first-order chi connectivity index (χ1) is 5.59. The van der Waals surface area contributed by atoms with E-state index in [1.54, 1.807) is 0 Å². The van der Waals surface area contributed by atoms with Crippen molar-refractivity contribution in [3.05, 3.63) is 11.8 Å². The Kier molecular flexibility index (Phi) is 2.79. The summed E-state index contributed by atoms with van der Waals surface area (Å²) < 4.78 is 0. The van der Waals surface area contributed by atoms with Gasteiger partial charge in [0.05, 0.1) is 0 Å². The summed E-state index contributed by atoms with van der Waals surface area (Å²) in [5.74, 6) is 1.42. The Morgan fingerprint density at radius 3 is 2.58 bits per heavy atom. The molecule has 1 atom stereocenters. The fourth-order valence-corrected chi connectivity index (χ4v) is 1.21. The second kappa shape index (κ2) is 3.65. The first-order valence-corrected chi connectivity index (χ1v) is 4.37. The van der Waals surface area contributed by atoms with Gasteiger partial charge in [-0.05, 0) is 33.1 Å². The normalized spacial score (nSPS) is 29.3. The van der Waals surface area contributed by atoms with Gasteiger partial charge in [0, 0.05) is 11.4 Å². The summed E-state index contributed by atoms with van der Waals surface area (Å²) in [6.45, 7) is 8.23. The van der Waals surface area contributed by atoms with Crippen LogP contribution >= 0.6 is 0 Å². The van der Waals surface area contributed by atoms with Crippen molar-refractivity contribution in [1.29, 1.82) is 0 Å². The van der Waals surface area contributed by atoms with E-state index in [-0.39, 0.29) is 0 Å². The van der Waals surface area contributed by atoms with E-state index in [2.05, 4.69) is 29.9 Å². The van der Waals surface area contributed by atoms with Crippen LogP contribution in [0.2, 0.25) is 0 Å². The van der Waals surface area contributed by atoms with Gasteiger partial charge in [-0.25, -0.2) is 9.98 Å². The van der Waals surface area contributed by atoms with Crippen LogP contribution in [-0.4, -0.2) is 11.5 Å². The maximum atomic E-state index is 4.39. The minimum Gasteiger partial charge on any atom is -0.243 e. The van der Waals surface area contributed by atoms with Gasteiger partial charge in [0.15, 0.2) is 0 Å². The molecule has 0 amide bonds. The standard InChI is InChI=1S/C10H16N2/c1-7-5-6-8(2)11-10(4)12-9(7)3/h6-7H,5H2,1-4H3/b8-6+,11-10?,12-9?. The maximum absolute atomic E-state index is 4.39. The van der Waals surface area contributed by atoms with E-state index in [4.69, 9.17) is 0 Å². The van der Waals surface area contributed by atoms with Crippen LogP contribution < -0.4 is 0 Å². The second-order valence-corrected chi connectivity index (χ2v) is 3.39. The first-order valence-electron chi connectivity index (χ1n) is 4.37. The molecule has 0 bridgehead atoms. The lowest BCUT2D eigenvalue weighted by molar-refractivity contribution is 0.779. The highest BCUT2D eigenvalue weighted by molar-refractivity contribution is 5.97. The largest absolute Gasteiger partial charge is 0.243 e. The molecule has 1 aliphatic heterocycles. The van der Waals surface area contributed by atoms with Crippen molar-refractivity contribution >= 4 is 11.5 Å². The smallest absolute Gasteiger partial charge is 0.125 e. The van der Waals surface area contributed by atoms with Gasteiger partial charge in [-0.2, -0.15) is 0 Å². The lowest BCUT2D eigenvalue weighted by atomic mass is 10.0. The van der Waals surface area contributed by atoms with Crippen LogP contribution in [0.5, 0.6) is 0 Å². The number of nitrogens with zero attached hydrogens (tertiary/aromatic N) is 2. The van der Waals surface area contributed by atoms with Crippen molar-refractivity contribution in [2.24, 2.45) is 15.9 Å². The Morgan fingerprint density at radius 2 is 1.92 bits per heavy atom. The Hall–Kier alpha value is -0.920. The molecule has 1 aliphatic rings. The maximum Gasteiger partial charge on any atom is 0.125 e. The quantitative estimate of drug-likeness (QED) is 0.526. The highest BCUT2D eigenvalue weighted by Crippen LogP contribution is 2.12. The Labute approximate surface area is 74.1 Å². The van der Waals surface area contributed by atoms with Crippen LogP contribution in [0.1, 0.15) is 34.1 Å². The molecule has 66 valence electrons. The van der Waals surface area contributed by atoms with E-state index >= 15 is 0 Å². The van der Waals surface area contributed by atoms with Gasteiger partial charge in [0.2, 0.25) is 0 Å². The first kappa shape index (κ1) is 9.17. The molecular formula is C10H16N2. The predicted octanol–water partition coefficient (Wildman–Crippen LogP) is 2.81. The molecule has 0 radical (unpaired) electrons. The molecular weight excluding hydrogens is 148 g/mol. The number of allylic oxidation sites excluding steroid dienone is 2. The van der Waals surface area contributed by atoms with Crippen molar-refractivity contribution in [3.8, 4) is 0 Å². The Balaban J connectivity index is 2.96. The lowest BCUT2D eigenvalue weighted by Gasteiger charge is -2.11. The fourth-order valence-electron chi connectivity index (χ4n) is 1.21. The van der Waals surface area contributed by atoms with Crippen LogP contribution in [0.25, 0.3) is 0 Å². The van der Waals surface area contributed by atoms with E-state index in [0.717, 1.165) is 18.0 Å². The van der Waals surface area contributed by atoms with Crippen molar-refractivity contribution < 1.29 is 0 Å². The van der Waals surface area contributed by atoms with Gasteiger partial charge in [-0.15, -0.1) is 0 Å². The molecule has 0 saturated carbocycles. The van der Waals surface area contributed by atoms with Gasteiger partial charge in [0.1, 0.15) is 5.84 Å². The minimum absolute atomic E-state index is 0.547. The average molecular weight is 164 g/mol. The number of amidine groups is 1. The van der Waals surface area contributed by atoms with E-state index in [1.807, 2.05) is 13.8 Å². The third-order valence-corrected chi connectivity index (χ3v) is 2.16. The number of rotatable bonds is 0. The molecule has 12 heavy (non-hydrogen) atoms. The van der Waals surface area contributed by atoms with Crippen molar-refractivity contribution in [2.75, 3.05) is 0 Å². The molecule has 1 unspecified atom stereocenters. The van der Waals surface area contributed by atoms with Gasteiger partial charge in [0.25, 0.3) is 0 Å². The van der Waals surface area contributed by atoms with Crippen molar-refractivity contribution in [2.45, 2.75) is 34.1 Å². The SMILES string of the molecule is CC1=N/C(C)=C/CC(C)C(C)=N1. The molecule has 2 nitrogen and oxygen atoms in total. The molecule has 1 heterocycles. The van der Waals surface area contributed by atoms with E-state index in [1.165, 1.54) is 5.71 Å². The Bertz CT molecular complexity index is 259. The topological polar surface area (TPSA) is 24.7 Å². The molecule has 0 aromatic heterocycles. The van der Waals surface area contributed by atoms with Crippen LogP contribution in [0.15, 0.2) is 21.8 Å². The van der Waals surface area contributed by atoms with Crippen LogP contribution in [-0.2, 0) is 0 Å². The highest BCUT2D eigenvalue weighted by Gasteiger charge is 2.06. The van der Waals surface area contributed by atoms with Crippen LogP contribution in [0.4, 0.5) is 0 Å². The monoisotopic (exact) mass is 164 g/mol. The molecule has 0 N–H and O–H groups in total. The molecule has 1 rings (SSSR count). The van der Waals surface area contributed by atoms with E-state index in [9.17, 15) is 0 Å². The number of hydrogen-bond donors (Lipinski definition) is 0. The van der Waals surface area contributed by atoms with Crippen molar-refractivity contribution in [1.82, 2.24) is 0 Å². The Morgan fingerprint density at radius 1 is 1.25 bits per heavy atom. The lowest BCUT2D eigenvalue weighted by Crippen LogP contribution is -2.09. The summed E-state index contributed by atoms with van der Waals surface area (Å²) >= 11 is 0. The second-order valence-electron chi connectivity index (χ2n) is 3.39. The average Bonchev–Trinajstić information content (AvgIpc) is 1.98. The molecule has 0 aromatic rings. The molecule has 0 fully saturated rings. The van der Waals surface area contributed by atoms with Crippen molar-refractivity contribution in [3.63, 3.8) is 0 Å². The summed E-state index contributed by atoms with van der Waals surface area (Å²) in [5.41, 5.74) is 2.26. The summed E-state index contributed by atoms with van der Waals surface area (Å²) in [6.07, 6.45) is 3.23. The number of hydrogen-bond acceptors (Lipinski definition) is 2. The van der Waals surface area contributed by atoms with Gasteiger partial charge in [-0.3, -0.25) is 0 Å². The molecule has 0 spiro atoms. The minimum atomic E-state index is 0.547. The summed E-state index contributed by atoms with van der Waals surface area (Å²) in [5, 5.41) is 0. The third-order valence-electron chi connectivity index (χ3n) is 2.16. The summed E-state index contributed by atoms with van der Waals surface area (Å²) in [6, 6.07) is 0. The fraction of sp³-hybridized carbons (Fsp3) is 0.600. The van der Waals surface area contributed by atoms with Gasteiger partial charge < -0.3 is 0 Å². The third kappa shape index (κ3) is 2.29. The zero-order chi connectivity index (χ0) is 9.14. The van der Waals surface area contributed by atoms with E-state index < -0.39 is 0 Å². The summed E-state index contributed by atoms with van der Waals surface area (Å²) in [7, 11) is 0. The zero-order valence-electron chi connectivity index (χ0n) is 8.26. The van der Waals surface area contributed by atoms with Gasteiger partial charge in [-0.1, -0.05) is 13.0 Å². The molecule has 2 heteroatoms.